The first kappa shape index (κ1) is 19.2. The number of tetrazole rings is 1. The van der Waals surface area contributed by atoms with E-state index in [1.165, 1.54) is 11.8 Å². The molecule has 25 heavy (non-hydrogen) atoms. The summed E-state index contributed by atoms with van der Waals surface area (Å²) in [7, 11) is 1.61. The van der Waals surface area contributed by atoms with E-state index in [1.54, 1.807) is 11.8 Å². The molecule has 1 aromatic carbocycles. The van der Waals surface area contributed by atoms with Crippen LogP contribution in [0.4, 0.5) is 5.69 Å². The van der Waals surface area contributed by atoms with Gasteiger partial charge in [0.15, 0.2) is 0 Å². The zero-order valence-corrected chi connectivity index (χ0v) is 16.1. The van der Waals surface area contributed by atoms with Crippen LogP contribution in [0.1, 0.15) is 27.7 Å². The molecule has 0 bridgehead atoms. The van der Waals surface area contributed by atoms with E-state index in [9.17, 15) is 4.79 Å². The summed E-state index contributed by atoms with van der Waals surface area (Å²) in [6, 6.07) is 7.27. The first-order valence-corrected chi connectivity index (χ1v) is 9.16. The standard InChI is InChI=1S/C17H25N5O2S/c1-11(2)10-22-17(19-20-21-22)25-15(12(3)4)16(23)18-13-6-8-14(24-5)9-7-13/h6-9,11-12,15H,10H2,1-5H3,(H,18,23). The van der Waals surface area contributed by atoms with Crippen molar-refractivity contribution in [2.24, 2.45) is 11.8 Å². The number of carbonyl (C=O) groups is 1. The van der Waals surface area contributed by atoms with Gasteiger partial charge in [0.1, 0.15) is 5.75 Å². The Kier molecular flexibility index (Phi) is 6.81. The van der Waals surface area contributed by atoms with Crippen LogP contribution in [0.15, 0.2) is 29.4 Å². The molecule has 0 aliphatic rings. The van der Waals surface area contributed by atoms with Crippen molar-refractivity contribution < 1.29 is 9.53 Å². The summed E-state index contributed by atoms with van der Waals surface area (Å²) in [6.07, 6.45) is 0. The fraction of sp³-hybridized carbons (Fsp3) is 0.529. The van der Waals surface area contributed by atoms with Gasteiger partial charge in [-0.3, -0.25) is 4.79 Å². The Balaban J connectivity index is 2.09. The third kappa shape index (κ3) is 5.45. The quantitative estimate of drug-likeness (QED) is 0.726. The van der Waals surface area contributed by atoms with Crippen LogP contribution in [0.25, 0.3) is 0 Å². The first-order valence-electron chi connectivity index (χ1n) is 8.28. The van der Waals surface area contributed by atoms with Gasteiger partial charge in [-0.15, -0.1) is 5.10 Å². The number of carbonyl (C=O) groups excluding carboxylic acids is 1. The molecule has 1 atom stereocenters. The number of thioether (sulfide) groups is 1. The van der Waals surface area contributed by atoms with Crippen LogP contribution in [0, 0.1) is 11.8 Å². The Hall–Kier alpha value is -2.09. The van der Waals surface area contributed by atoms with E-state index in [4.69, 9.17) is 4.74 Å². The minimum absolute atomic E-state index is 0.0655. The Morgan fingerprint density at radius 2 is 1.92 bits per heavy atom. The van der Waals surface area contributed by atoms with Crippen LogP contribution in [-0.4, -0.2) is 38.5 Å². The number of rotatable bonds is 8. The average Bonchev–Trinajstić information content (AvgIpc) is 2.99. The van der Waals surface area contributed by atoms with Crippen LogP contribution in [0.5, 0.6) is 5.75 Å². The lowest BCUT2D eigenvalue weighted by Gasteiger charge is -2.19. The highest BCUT2D eigenvalue weighted by molar-refractivity contribution is 8.00. The summed E-state index contributed by atoms with van der Waals surface area (Å²) in [4.78, 5) is 12.7. The van der Waals surface area contributed by atoms with Gasteiger partial charge in [0.2, 0.25) is 11.1 Å². The van der Waals surface area contributed by atoms with Crippen molar-refractivity contribution in [3.8, 4) is 5.75 Å². The number of nitrogens with zero attached hydrogens (tertiary/aromatic N) is 4. The van der Waals surface area contributed by atoms with E-state index in [1.807, 2.05) is 38.1 Å². The predicted molar refractivity (Wildman–Crippen MR) is 98.8 cm³/mol. The molecule has 1 aromatic heterocycles. The molecular formula is C17H25N5O2S. The van der Waals surface area contributed by atoms with E-state index >= 15 is 0 Å². The molecule has 7 nitrogen and oxygen atoms in total. The van der Waals surface area contributed by atoms with Crippen molar-refractivity contribution in [3.05, 3.63) is 24.3 Å². The largest absolute Gasteiger partial charge is 0.497 e. The Morgan fingerprint density at radius 1 is 1.24 bits per heavy atom. The van der Waals surface area contributed by atoms with Gasteiger partial charge < -0.3 is 10.1 Å². The molecule has 0 aliphatic carbocycles. The summed E-state index contributed by atoms with van der Waals surface area (Å²) >= 11 is 1.40. The van der Waals surface area contributed by atoms with E-state index in [0.29, 0.717) is 11.1 Å². The number of hydrogen-bond donors (Lipinski definition) is 1. The van der Waals surface area contributed by atoms with Crippen molar-refractivity contribution in [2.75, 3.05) is 12.4 Å². The highest BCUT2D eigenvalue weighted by atomic mass is 32.2. The fourth-order valence-electron chi connectivity index (χ4n) is 2.23. The number of nitrogens with one attached hydrogen (secondary N) is 1. The van der Waals surface area contributed by atoms with E-state index in [2.05, 4.69) is 34.7 Å². The van der Waals surface area contributed by atoms with E-state index in [0.717, 1.165) is 18.0 Å². The van der Waals surface area contributed by atoms with Crippen LogP contribution in [0.3, 0.4) is 0 Å². The minimum atomic E-state index is -0.293. The second-order valence-electron chi connectivity index (χ2n) is 6.54. The number of benzene rings is 1. The number of hydrogen-bond acceptors (Lipinski definition) is 6. The number of methoxy groups -OCH3 is 1. The lowest BCUT2D eigenvalue weighted by Crippen LogP contribution is -2.30. The lowest BCUT2D eigenvalue weighted by molar-refractivity contribution is -0.116. The molecule has 1 heterocycles. The van der Waals surface area contributed by atoms with Crippen LogP contribution < -0.4 is 10.1 Å². The van der Waals surface area contributed by atoms with Gasteiger partial charge >= 0.3 is 0 Å². The zero-order chi connectivity index (χ0) is 18.4. The lowest BCUT2D eigenvalue weighted by atomic mass is 10.1. The monoisotopic (exact) mass is 363 g/mol. The van der Waals surface area contributed by atoms with Gasteiger partial charge in [0.05, 0.1) is 12.4 Å². The number of ether oxygens (including phenoxy) is 1. The van der Waals surface area contributed by atoms with Crippen molar-refractivity contribution in [1.82, 2.24) is 20.2 Å². The second-order valence-corrected chi connectivity index (χ2v) is 7.65. The van der Waals surface area contributed by atoms with E-state index < -0.39 is 0 Å². The van der Waals surface area contributed by atoms with Crippen molar-refractivity contribution >= 4 is 23.4 Å². The van der Waals surface area contributed by atoms with Gasteiger partial charge in [0, 0.05) is 12.2 Å². The first-order chi connectivity index (χ1) is 11.9. The normalized spacial score (nSPS) is 12.4. The van der Waals surface area contributed by atoms with Gasteiger partial charge in [0.25, 0.3) is 0 Å². The number of amides is 1. The number of anilines is 1. The maximum Gasteiger partial charge on any atom is 0.238 e. The Bertz CT molecular complexity index is 685. The number of aromatic nitrogens is 4. The second kappa shape index (κ2) is 8.84. The third-order valence-corrected chi connectivity index (χ3v) is 5.01. The third-order valence-electron chi connectivity index (χ3n) is 3.49. The van der Waals surface area contributed by atoms with Crippen molar-refractivity contribution in [1.29, 1.82) is 0 Å². The zero-order valence-electron chi connectivity index (χ0n) is 15.3. The summed E-state index contributed by atoms with van der Waals surface area (Å²) in [6.45, 7) is 8.96. The molecule has 0 spiro atoms. The fourth-order valence-corrected chi connectivity index (χ4v) is 3.22. The molecule has 1 amide bonds. The summed E-state index contributed by atoms with van der Waals surface area (Å²) in [5, 5.41) is 15.2. The molecule has 1 unspecified atom stereocenters. The maximum absolute atomic E-state index is 12.7. The predicted octanol–water partition coefficient (Wildman–Crippen LogP) is 3.09. The van der Waals surface area contributed by atoms with E-state index in [-0.39, 0.29) is 17.1 Å². The highest BCUT2D eigenvalue weighted by Gasteiger charge is 2.26. The average molecular weight is 363 g/mol. The van der Waals surface area contributed by atoms with Gasteiger partial charge in [-0.25, -0.2) is 4.68 Å². The van der Waals surface area contributed by atoms with Gasteiger partial charge in [-0.1, -0.05) is 39.5 Å². The summed E-state index contributed by atoms with van der Waals surface area (Å²) < 4.78 is 6.89. The Morgan fingerprint density at radius 3 is 2.48 bits per heavy atom. The molecule has 8 heteroatoms. The van der Waals surface area contributed by atoms with Gasteiger partial charge in [-0.05, 0) is 46.5 Å². The minimum Gasteiger partial charge on any atom is -0.497 e. The van der Waals surface area contributed by atoms with Crippen LogP contribution >= 0.6 is 11.8 Å². The summed E-state index contributed by atoms with van der Waals surface area (Å²) in [5.41, 5.74) is 0.735. The highest BCUT2D eigenvalue weighted by Crippen LogP contribution is 2.28. The van der Waals surface area contributed by atoms with Crippen LogP contribution in [0.2, 0.25) is 0 Å². The molecule has 2 aromatic rings. The molecule has 0 saturated heterocycles. The molecule has 136 valence electrons. The molecule has 0 saturated carbocycles. The SMILES string of the molecule is COc1ccc(NC(=O)C(Sc2nnnn2CC(C)C)C(C)C)cc1. The van der Waals surface area contributed by atoms with Crippen molar-refractivity contribution in [2.45, 2.75) is 44.6 Å². The maximum atomic E-state index is 12.7. The smallest absolute Gasteiger partial charge is 0.238 e. The summed E-state index contributed by atoms with van der Waals surface area (Å²) in [5.74, 6) is 1.24. The molecule has 0 aliphatic heterocycles. The van der Waals surface area contributed by atoms with Crippen LogP contribution in [-0.2, 0) is 11.3 Å². The molecule has 0 fully saturated rings. The molecule has 2 rings (SSSR count). The topological polar surface area (TPSA) is 81.9 Å². The Labute approximate surface area is 152 Å². The molecule has 0 radical (unpaired) electrons. The van der Waals surface area contributed by atoms with Crippen molar-refractivity contribution in [3.63, 3.8) is 0 Å². The van der Waals surface area contributed by atoms with Gasteiger partial charge in [-0.2, -0.15) is 0 Å². The molecular weight excluding hydrogens is 338 g/mol. The molecule has 1 N–H and O–H groups in total.